The summed E-state index contributed by atoms with van der Waals surface area (Å²) in [6.45, 7) is 0. The van der Waals surface area contributed by atoms with Crippen LogP contribution in [0.3, 0.4) is 0 Å². The summed E-state index contributed by atoms with van der Waals surface area (Å²) in [5, 5.41) is 8.40. The number of hydrogen-bond donors (Lipinski definition) is 0. The summed E-state index contributed by atoms with van der Waals surface area (Å²) in [6, 6.07) is 5.07. The highest BCUT2D eigenvalue weighted by Gasteiger charge is 2.04. The number of aromatic nitrogens is 3. The molecule has 1 aromatic heterocycles. The maximum atomic E-state index is 11.5. The first kappa shape index (κ1) is 8.19. The second kappa shape index (κ2) is 2.81. The lowest BCUT2D eigenvalue weighted by Crippen LogP contribution is -2.20. The van der Waals surface area contributed by atoms with Crippen molar-refractivity contribution >= 4 is 22.5 Å². The van der Waals surface area contributed by atoms with Gasteiger partial charge < -0.3 is 0 Å². The smallest absolute Gasteiger partial charge is 0.267 e. The molecule has 0 fully saturated rings. The summed E-state index contributed by atoms with van der Waals surface area (Å²) in [7, 11) is 1.55. The molecule has 66 valence electrons. The van der Waals surface area contributed by atoms with E-state index < -0.39 is 0 Å². The Morgan fingerprint density at radius 1 is 1.46 bits per heavy atom. The minimum atomic E-state index is -0.187. The van der Waals surface area contributed by atoms with Gasteiger partial charge in [0, 0.05) is 7.05 Å². The molecular formula is C8H6ClN3O. The average Bonchev–Trinajstić information content (AvgIpc) is 2.12. The highest BCUT2D eigenvalue weighted by atomic mass is 35.5. The number of fused-ring (bicyclic) bond motifs is 1. The number of aryl methyl sites for hydroxylation is 1. The molecule has 0 aliphatic carbocycles. The fourth-order valence-corrected chi connectivity index (χ4v) is 1.33. The van der Waals surface area contributed by atoms with Gasteiger partial charge in [-0.15, -0.1) is 5.10 Å². The van der Waals surface area contributed by atoms with Gasteiger partial charge in [-0.3, -0.25) is 4.79 Å². The molecule has 2 rings (SSSR count). The van der Waals surface area contributed by atoms with E-state index >= 15 is 0 Å². The standard InChI is InChI=1S/C8H6ClN3O/c1-12-8(13)5-3-2-4-6(9)7(5)10-11-12/h2-4H,1H3. The van der Waals surface area contributed by atoms with Gasteiger partial charge in [0.05, 0.1) is 10.4 Å². The lowest BCUT2D eigenvalue weighted by molar-refractivity contribution is 0.656. The van der Waals surface area contributed by atoms with Crippen LogP contribution in [-0.2, 0) is 7.05 Å². The van der Waals surface area contributed by atoms with E-state index in [0.29, 0.717) is 15.9 Å². The molecule has 0 bridgehead atoms. The van der Waals surface area contributed by atoms with Crippen molar-refractivity contribution in [2.45, 2.75) is 0 Å². The van der Waals surface area contributed by atoms with Crippen LogP contribution >= 0.6 is 11.6 Å². The van der Waals surface area contributed by atoms with Gasteiger partial charge in [-0.25, -0.2) is 4.68 Å². The predicted molar refractivity (Wildman–Crippen MR) is 49.8 cm³/mol. The van der Waals surface area contributed by atoms with Gasteiger partial charge in [0.2, 0.25) is 0 Å². The molecule has 13 heavy (non-hydrogen) atoms. The maximum absolute atomic E-state index is 11.5. The summed E-state index contributed by atoms with van der Waals surface area (Å²) in [6.07, 6.45) is 0. The lowest BCUT2D eigenvalue weighted by Gasteiger charge is -1.98. The Labute approximate surface area is 78.7 Å². The Morgan fingerprint density at radius 3 is 3.00 bits per heavy atom. The Bertz CT molecular complexity index is 520. The third-order valence-electron chi connectivity index (χ3n) is 1.79. The summed E-state index contributed by atoms with van der Waals surface area (Å²) >= 11 is 5.83. The first-order valence-electron chi connectivity index (χ1n) is 3.68. The Hall–Kier alpha value is -1.42. The average molecular weight is 196 g/mol. The minimum absolute atomic E-state index is 0.187. The minimum Gasteiger partial charge on any atom is -0.267 e. The Kier molecular flexibility index (Phi) is 1.77. The van der Waals surface area contributed by atoms with Crippen molar-refractivity contribution in [3.63, 3.8) is 0 Å². The zero-order valence-corrected chi connectivity index (χ0v) is 7.62. The summed E-state index contributed by atoms with van der Waals surface area (Å²) in [4.78, 5) is 11.5. The van der Waals surface area contributed by atoms with E-state index in [2.05, 4.69) is 10.3 Å². The van der Waals surface area contributed by atoms with Gasteiger partial charge in [-0.1, -0.05) is 22.9 Å². The second-order valence-electron chi connectivity index (χ2n) is 2.65. The van der Waals surface area contributed by atoms with Crippen LogP contribution in [0, 0.1) is 0 Å². The van der Waals surface area contributed by atoms with Crippen molar-refractivity contribution in [1.82, 2.24) is 15.0 Å². The van der Waals surface area contributed by atoms with Crippen LogP contribution in [0.2, 0.25) is 5.02 Å². The van der Waals surface area contributed by atoms with E-state index in [9.17, 15) is 4.79 Å². The molecule has 0 amide bonds. The fourth-order valence-electron chi connectivity index (χ4n) is 1.12. The van der Waals surface area contributed by atoms with E-state index in [1.54, 1.807) is 25.2 Å². The number of benzene rings is 1. The summed E-state index contributed by atoms with van der Waals surface area (Å²) in [5.74, 6) is 0. The lowest BCUT2D eigenvalue weighted by atomic mass is 10.2. The summed E-state index contributed by atoms with van der Waals surface area (Å²) < 4.78 is 1.18. The molecule has 1 aromatic carbocycles. The van der Waals surface area contributed by atoms with Crippen molar-refractivity contribution < 1.29 is 0 Å². The largest absolute Gasteiger partial charge is 0.277 e. The highest BCUT2D eigenvalue weighted by Crippen LogP contribution is 2.16. The Morgan fingerprint density at radius 2 is 2.23 bits per heavy atom. The molecule has 0 saturated heterocycles. The zero-order chi connectivity index (χ0) is 9.42. The van der Waals surface area contributed by atoms with Crippen molar-refractivity contribution in [2.24, 2.45) is 7.05 Å². The van der Waals surface area contributed by atoms with Crippen LogP contribution in [0.15, 0.2) is 23.0 Å². The molecule has 0 atom stereocenters. The number of nitrogens with zero attached hydrogens (tertiary/aromatic N) is 3. The van der Waals surface area contributed by atoms with Crippen LogP contribution in [0.5, 0.6) is 0 Å². The van der Waals surface area contributed by atoms with E-state index in [4.69, 9.17) is 11.6 Å². The first-order valence-corrected chi connectivity index (χ1v) is 4.06. The first-order chi connectivity index (χ1) is 6.20. The van der Waals surface area contributed by atoms with Crippen LogP contribution in [0.25, 0.3) is 10.9 Å². The highest BCUT2D eigenvalue weighted by molar-refractivity contribution is 6.34. The van der Waals surface area contributed by atoms with Crippen LogP contribution in [0.4, 0.5) is 0 Å². The van der Waals surface area contributed by atoms with Gasteiger partial charge >= 0.3 is 0 Å². The van der Waals surface area contributed by atoms with Crippen molar-refractivity contribution in [3.05, 3.63) is 33.6 Å². The van der Waals surface area contributed by atoms with Gasteiger partial charge in [0.25, 0.3) is 5.56 Å². The van der Waals surface area contributed by atoms with Gasteiger partial charge in [0.1, 0.15) is 5.52 Å². The molecule has 2 aromatic rings. The molecular weight excluding hydrogens is 190 g/mol. The molecule has 5 heteroatoms. The van der Waals surface area contributed by atoms with Crippen molar-refractivity contribution in [1.29, 1.82) is 0 Å². The molecule has 1 heterocycles. The van der Waals surface area contributed by atoms with Gasteiger partial charge in [0.15, 0.2) is 0 Å². The molecule has 0 aliphatic rings. The van der Waals surface area contributed by atoms with E-state index in [1.807, 2.05) is 0 Å². The monoisotopic (exact) mass is 195 g/mol. The molecule has 0 radical (unpaired) electrons. The molecule has 0 saturated carbocycles. The summed E-state index contributed by atoms with van der Waals surface area (Å²) in [5.41, 5.74) is 0.264. The van der Waals surface area contributed by atoms with Gasteiger partial charge in [-0.2, -0.15) is 0 Å². The molecule has 0 N–H and O–H groups in total. The number of hydrogen-bond acceptors (Lipinski definition) is 3. The zero-order valence-electron chi connectivity index (χ0n) is 6.86. The van der Waals surface area contributed by atoms with E-state index in [0.717, 1.165) is 0 Å². The van der Waals surface area contributed by atoms with Crippen molar-refractivity contribution in [3.8, 4) is 0 Å². The molecule has 0 spiro atoms. The van der Waals surface area contributed by atoms with E-state index in [-0.39, 0.29) is 5.56 Å². The Balaban J connectivity index is 3.03. The topological polar surface area (TPSA) is 47.8 Å². The number of rotatable bonds is 0. The molecule has 0 aliphatic heterocycles. The molecule has 0 unspecified atom stereocenters. The maximum Gasteiger partial charge on any atom is 0.277 e. The van der Waals surface area contributed by atoms with E-state index in [1.165, 1.54) is 4.68 Å². The van der Waals surface area contributed by atoms with Crippen molar-refractivity contribution in [2.75, 3.05) is 0 Å². The van der Waals surface area contributed by atoms with Crippen LogP contribution in [-0.4, -0.2) is 15.0 Å². The van der Waals surface area contributed by atoms with Gasteiger partial charge in [-0.05, 0) is 12.1 Å². The number of halogens is 1. The third kappa shape index (κ3) is 1.19. The fraction of sp³-hybridized carbons (Fsp3) is 0.125. The molecule has 4 nitrogen and oxygen atoms in total. The quantitative estimate of drug-likeness (QED) is 0.630. The normalized spacial score (nSPS) is 10.6. The third-order valence-corrected chi connectivity index (χ3v) is 2.09. The van der Waals surface area contributed by atoms with Crippen LogP contribution < -0.4 is 5.56 Å². The second-order valence-corrected chi connectivity index (χ2v) is 3.06. The SMILES string of the molecule is Cn1nnc2c(Cl)cccc2c1=O. The van der Waals surface area contributed by atoms with Crippen LogP contribution in [0.1, 0.15) is 0 Å². The predicted octanol–water partition coefficient (Wildman–Crippen LogP) is 0.982.